The van der Waals surface area contributed by atoms with Gasteiger partial charge in [0.25, 0.3) is 0 Å². The number of carbonyl (C=O) groups is 1. The summed E-state index contributed by atoms with van der Waals surface area (Å²) in [5, 5.41) is 19.0. The van der Waals surface area contributed by atoms with Crippen LogP contribution in [0.5, 0.6) is 5.75 Å². The van der Waals surface area contributed by atoms with E-state index in [9.17, 15) is 9.90 Å². The maximum atomic E-state index is 10.7. The van der Waals surface area contributed by atoms with Crippen molar-refractivity contribution in [2.75, 3.05) is 6.61 Å². The van der Waals surface area contributed by atoms with Gasteiger partial charge in [0.15, 0.2) is 0 Å². The minimum absolute atomic E-state index is 0.235. The van der Waals surface area contributed by atoms with E-state index in [1.807, 2.05) is 0 Å². The van der Waals surface area contributed by atoms with Crippen molar-refractivity contribution in [3.63, 3.8) is 0 Å². The van der Waals surface area contributed by atoms with Crippen LogP contribution in [0.15, 0.2) is 24.3 Å². The fraction of sp³-hybridized carbons (Fsp3) is 0.500. The van der Waals surface area contributed by atoms with Crippen LogP contribution >= 0.6 is 0 Å². The highest BCUT2D eigenvalue weighted by Crippen LogP contribution is 2.28. The molecular weight excluding hydrogens is 232 g/mol. The van der Waals surface area contributed by atoms with Crippen LogP contribution in [-0.2, 0) is 0 Å². The molecule has 0 amide bonds. The smallest absolute Gasteiger partial charge is 0.335 e. The van der Waals surface area contributed by atoms with E-state index in [2.05, 4.69) is 0 Å². The van der Waals surface area contributed by atoms with Gasteiger partial charge in [-0.05, 0) is 37.1 Å². The predicted octanol–water partition coefficient (Wildman–Crippen LogP) is 2.46. The molecule has 0 heterocycles. The van der Waals surface area contributed by atoms with Crippen LogP contribution in [0.25, 0.3) is 0 Å². The third-order valence-corrected chi connectivity index (χ3v) is 3.39. The van der Waals surface area contributed by atoms with Gasteiger partial charge in [-0.3, -0.25) is 0 Å². The lowest BCUT2D eigenvalue weighted by Gasteiger charge is -2.31. The van der Waals surface area contributed by atoms with Gasteiger partial charge in [-0.2, -0.15) is 0 Å². The average molecular weight is 250 g/mol. The van der Waals surface area contributed by atoms with E-state index < -0.39 is 11.6 Å². The maximum absolute atomic E-state index is 10.7. The summed E-state index contributed by atoms with van der Waals surface area (Å²) in [6, 6.07) is 6.25. The molecule has 0 atom stereocenters. The summed E-state index contributed by atoms with van der Waals surface area (Å²) in [7, 11) is 0. The van der Waals surface area contributed by atoms with Gasteiger partial charge in [-0.25, -0.2) is 4.79 Å². The quantitative estimate of drug-likeness (QED) is 0.861. The Morgan fingerprint density at radius 2 is 1.78 bits per heavy atom. The molecule has 0 unspecified atom stereocenters. The number of rotatable bonds is 4. The highest BCUT2D eigenvalue weighted by atomic mass is 16.5. The molecule has 0 radical (unpaired) electrons. The van der Waals surface area contributed by atoms with Gasteiger partial charge in [-0.15, -0.1) is 0 Å². The van der Waals surface area contributed by atoms with Gasteiger partial charge in [-0.1, -0.05) is 19.3 Å². The van der Waals surface area contributed by atoms with E-state index in [1.54, 1.807) is 12.1 Å². The number of aliphatic hydroxyl groups is 1. The monoisotopic (exact) mass is 250 g/mol. The average Bonchev–Trinajstić information content (AvgIpc) is 2.38. The van der Waals surface area contributed by atoms with E-state index >= 15 is 0 Å². The third-order valence-electron chi connectivity index (χ3n) is 3.39. The minimum Gasteiger partial charge on any atom is -0.491 e. The lowest BCUT2D eigenvalue weighted by atomic mass is 9.85. The molecule has 0 saturated heterocycles. The molecule has 1 saturated carbocycles. The van der Waals surface area contributed by atoms with Crippen LogP contribution in [0.4, 0.5) is 0 Å². The summed E-state index contributed by atoms with van der Waals surface area (Å²) < 4.78 is 5.54. The standard InChI is InChI=1S/C14H18O4/c15-13(16)11-4-6-12(7-5-11)18-10-14(17)8-2-1-3-9-14/h4-7,17H,1-3,8-10H2,(H,15,16). The van der Waals surface area contributed by atoms with Crippen LogP contribution in [0, 0.1) is 0 Å². The number of hydrogen-bond acceptors (Lipinski definition) is 3. The number of carboxylic acids is 1. The number of ether oxygens (including phenoxy) is 1. The lowest BCUT2D eigenvalue weighted by Crippen LogP contribution is -2.37. The van der Waals surface area contributed by atoms with Gasteiger partial charge in [0.1, 0.15) is 12.4 Å². The first kappa shape index (κ1) is 12.9. The van der Waals surface area contributed by atoms with Gasteiger partial charge in [0, 0.05) is 0 Å². The van der Waals surface area contributed by atoms with Crippen molar-refractivity contribution in [1.29, 1.82) is 0 Å². The molecule has 0 bridgehead atoms. The van der Waals surface area contributed by atoms with E-state index in [0.29, 0.717) is 5.75 Å². The van der Waals surface area contributed by atoms with Crippen molar-refractivity contribution < 1.29 is 19.7 Å². The molecule has 2 N–H and O–H groups in total. The van der Waals surface area contributed by atoms with Gasteiger partial charge < -0.3 is 14.9 Å². The second-order valence-corrected chi connectivity index (χ2v) is 4.90. The summed E-state index contributed by atoms with van der Waals surface area (Å²) in [6.07, 6.45) is 4.81. The molecule has 0 aromatic heterocycles. The summed E-state index contributed by atoms with van der Waals surface area (Å²) in [4.78, 5) is 10.7. The van der Waals surface area contributed by atoms with E-state index in [1.165, 1.54) is 18.6 Å². The van der Waals surface area contributed by atoms with Crippen LogP contribution in [-0.4, -0.2) is 28.4 Å². The van der Waals surface area contributed by atoms with Crippen molar-refractivity contribution in [3.8, 4) is 5.75 Å². The molecule has 2 rings (SSSR count). The summed E-state index contributed by atoms with van der Waals surface area (Å²) in [6.45, 7) is 0.277. The first-order chi connectivity index (χ1) is 8.59. The number of benzene rings is 1. The van der Waals surface area contributed by atoms with Gasteiger partial charge in [0.2, 0.25) is 0 Å². The first-order valence-electron chi connectivity index (χ1n) is 6.28. The predicted molar refractivity (Wildman–Crippen MR) is 66.9 cm³/mol. The highest BCUT2D eigenvalue weighted by molar-refractivity contribution is 5.87. The van der Waals surface area contributed by atoms with E-state index in [-0.39, 0.29) is 12.2 Å². The fourth-order valence-corrected chi connectivity index (χ4v) is 2.27. The SMILES string of the molecule is O=C(O)c1ccc(OCC2(O)CCCCC2)cc1. The molecule has 1 aliphatic rings. The zero-order valence-electron chi connectivity index (χ0n) is 10.3. The minimum atomic E-state index is -0.951. The summed E-state index contributed by atoms with van der Waals surface area (Å²) in [5.74, 6) is -0.355. The molecule has 18 heavy (non-hydrogen) atoms. The maximum Gasteiger partial charge on any atom is 0.335 e. The second-order valence-electron chi connectivity index (χ2n) is 4.90. The van der Waals surface area contributed by atoms with E-state index in [4.69, 9.17) is 9.84 Å². The number of hydrogen-bond donors (Lipinski definition) is 2. The van der Waals surface area contributed by atoms with Crippen molar-refractivity contribution in [2.45, 2.75) is 37.7 Å². The highest BCUT2D eigenvalue weighted by Gasteiger charge is 2.29. The summed E-state index contributed by atoms with van der Waals surface area (Å²) in [5.41, 5.74) is -0.484. The second kappa shape index (κ2) is 5.40. The Bertz CT molecular complexity index is 404. The van der Waals surface area contributed by atoms with Crippen LogP contribution in [0.2, 0.25) is 0 Å². The Morgan fingerprint density at radius 3 is 2.33 bits per heavy atom. The summed E-state index contributed by atoms with van der Waals surface area (Å²) >= 11 is 0. The van der Waals surface area contributed by atoms with Crippen LogP contribution in [0.3, 0.4) is 0 Å². The first-order valence-corrected chi connectivity index (χ1v) is 6.28. The number of carboxylic acid groups (broad SMARTS) is 1. The molecule has 98 valence electrons. The van der Waals surface area contributed by atoms with Crippen molar-refractivity contribution in [1.82, 2.24) is 0 Å². The molecule has 4 heteroatoms. The molecule has 1 aromatic rings. The lowest BCUT2D eigenvalue weighted by molar-refractivity contribution is -0.0339. The molecule has 0 spiro atoms. The molecule has 1 fully saturated rings. The van der Waals surface area contributed by atoms with Gasteiger partial charge in [0.05, 0.1) is 11.2 Å². The van der Waals surface area contributed by atoms with Crippen molar-refractivity contribution in [2.24, 2.45) is 0 Å². The third kappa shape index (κ3) is 3.23. The molecule has 1 aliphatic carbocycles. The largest absolute Gasteiger partial charge is 0.491 e. The topological polar surface area (TPSA) is 66.8 Å². The van der Waals surface area contributed by atoms with Crippen LogP contribution in [0.1, 0.15) is 42.5 Å². The zero-order valence-corrected chi connectivity index (χ0v) is 10.3. The van der Waals surface area contributed by atoms with Gasteiger partial charge >= 0.3 is 5.97 Å². The normalized spacial score (nSPS) is 18.3. The molecule has 1 aromatic carbocycles. The van der Waals surface area contributed by atoms with Crippen LogP contribution < -0.4 is 4.74 Å². The Labute approximate surface area is 106 Å². The molecule has 0 aliphatic heterocycles. The Balaban J connectivity index is 1.91. The Kier molecular flexibility index (Phi) is 3.87. The molecule has 4 nitrogen and oxygen atoms in total. The fourth-order valence-electron chi connectivity index (χ4n) is 2.27. The van der Waals surface area contributed by atoms with Crippen molar-refractivity contribution in [3.05, 3.63) is 29.8 Å². The zero-order chi connectivity index (χ0) is 13.0. The van der Waals surface area contributed by atoms with Crippen molar-refractivity contribution >= 4 is 5.97 Å². The molecular formula is C14H18O4. The number of aromatic carboxylic acids is 1. The Hall–Kier alpha value is -1.55. The van der Waals surface area contributed by atoms with E-state index in [0.717, 1.165) is 25.7 Å². The Morgan fingerprint density at radius 1 is 1.17 bits per heavy atom.